The molecule has 9 heteroatoms. The van der Waals surface area contributed by atoms with E-state index in [2.05, 4.69) is 21.5 Å². The molecule has 3 amide bonds. The fourth-order valence-corrected chi connectivity index (χ4v) is 3.36. The van der Waals surface area contributed by atoms with Gasteiger partial charge < -0.3 is 10.6 Å². The molecule has 4 N–H and O–H groups in total. The van der Waals surface area contributed by atoms with Gasteiger partial charge >= 0.3 is 0 Å². The second-order valence-electron chi connectivity index (χ2n) is 7.53. The summed E-state index contributed by atoms with van der Waals surface area (Å²) in [7, 11) is 0. The van der Waals surface area contributed by atoms with Crippen LogP contribution in [-0.4, -0.2) is 30.3 Å². The van der Waals surface area contributed by atoms with Crippen LogP contribution in [0.3, 0.4) is 0 Å². The molecule has 31 heavy (non-hydrogen) atoms. The summed E-state index contributed by atoms with van der Waals surface area (Å²) in [6.07, 6.45) is 0. The van der Waals surface area contributed by atoms with E-state index in [9.17, 15) is 14.4 Å². The molecular formula is C22H26Cl2N4O3. The SMILES string of the molecule is Cc1ccc(NCC(=O)NNC(=O)C(NC(=O)c2ccc(Cl)cc2Cl)C(C)C)c(C)c1. The maximum absolute atomic E-state index is 12.5. The van der Waals surface area contributed by atoms with Crippen molar-refractivity contribution < 1.29 is 14.4 Å². The third kappa shape index (κ3) is 7.15. The van der Waals surface area contributed by atoms with Crippen LogP contribution in [0.1, 0.15) is 35.3 Å². The first-order valence-electron chi connectivity index (χ1n) is 9.74. The van der Waals surface area contributed by atoms with Crippen LogP contribution in [0.15, 0.2) is 36.4 Å². The summed E-state index contributed by atoms with van der Waals surface area (Å²) in [6.45, 7) is 7.46. The van der Waals surface area contributed by atoms with Crippen molar-refractivity contribution in [2.24, 2.45) is 5.92 Å². The lowest BCUT2D eigenvalue weighted by molar-refractivity contribution is -0.129. The molecule has 0 heterocycles. The number of anilines is 1. The fourth-order valence-electron chi connectivity index (χ4n) is 2.87. The van der Waals surface area contributed by atoms with Crippen LogP contribution in [0, 0.1) is 19.8 Å². The van der Waals surface area contributed by atoms with Crippen molar-refractivity contribution in [1.29, 1.82) is 0 Å². The number of aryl methyl sites for hydroxylation is 2. The molecule has 2 aromatic carbocycles. The Morgan fingerprint density at radius 3 is 2.29 bits per heavy atom. The van der Waals surface area contributed by atoms with Crippen LogP contribution in [0.4, 0.5) is 5.69 Å². The normalized spacial score (nSPS) is 11.6. The first kappa shape index (κ1) is 24.5. The van der Waals surface area contributed by atoms with Crippen molar-refractivity contribution in [3.63, 3.8) is 0 Å². The fraction of sp³-hybridized carbons (Fsp3) is 0.318. The van der Waals surface area contributed by atoms with Gasteiger partial charge in [0.15, 0.2) is 0 Å². The van der Waals surface area contributed by atoms with E-state index >= 15 is 0 Å². The summed E-state index contributed by atoms with van der Waals surface area (Å²) in [5.74, 6) is -1.73. The molecule has 1 unspecified atom stereocenters. The minimum absolute atomic E-state index is 0.0245. The van der Waals surface area contributed by atoms with E-state index in [1.165, 1.54) is 18.2 Å². The smallest absolute Gasteiger partial charge is 0.261 e. The van der Waals surface area contributed by atoms with Gasteiger partial charge in [0.1, 0.15) is 6.04 Å². The topological polar surface area (TPSA) is 99.3 Å². The number of hydrogen-bond acceptors (Lipinski definition) is 4. The number of carbonyl (C=O) groups excluding carboxylic acids is 3. The number of hydrazine groups is 1. The van der Waals surface area contributed by atoms with Crippen molar-refractivity contribution in [3.8, 4) is 0 Å². The van der Waals surface area contributed by atoms with Gasteiger partial charge in [-0.2, -0.15) is 0 Å². The molecule has 0 saturated carbocycles. The number of halogens is 2. The Labute approximate surface area is 191 Å². The molecule has 0 spiro atoms. The quantitative estimate of drug-likeness (QED) is 0.470. The molecule has 2 rings (SSSR count). The van der Waals surface area contributed by atoms with E-state index in [0.717, 1.165) is 16.8 Å². The van der Waals surface area contributed by atoms with E-state index in [4.69, 9.17) is 23.2 Å². The highest BCUT2D eigenvalue weighted by molar-refractivity contribution is 6.36. The minimum atomic E-state index is -0.883. The molecule has 1 atom stereocenters. The van der Waals surface area contributed by atoms with Crippen molar-refractivity contribution in [2.75, 3.05) is 11.9 Å². The summed E-state index contributed by atoms with van der Waals surface area (Å²) in [5.41, 5.74) is 7.89. The van der Waals surface area contributed by atoms with Gasteiger partial charge in [-0.1, -0.05) is 54.7 Å². The maximum atomic E-state index is 12.5. The lowest BCUT2D eigenvalue weighted by Gasteiger charge is -2.22. The molecule has 0 bridgehead atoms. The Kier molecular flexibility index (Phi) is 8.71. The average molecular weight is 465 g/mol. The predicted molar refractivity (Wildman–Crippen MR) is 123 cm³/mol. The monoisotopic (exact) mass is 464 g/mol. The number of rotatable bonds is 7. The highest BCUT2D eigenvalue weighted by Crippen LogP contribution is 2.21. The Hall–Kier alpha value is -2.77. The average Bonchev–Trinajstić information content (AvgIpc) is 2.69. The Bertz CT molecular complexity index is 979. The van der Waals surface area contributed by atoms with E-state index in [1.807, 2.05) is 32.0 Å². The molecule has 0 aliphatic heterocycles. The maximum Gasteiger partial charge on any atom is 0.261 e. The van der Waals surface area contributed by atoms with Gasteiger partial charge in [0, 0.05) is 10.7 Å². The van der Waals surface area contributed by atoms with E-state index in [1.54, 1.807) is 13.8 Å². The second-order valence-corrected chi connectivity index (χ2v) is 8.37. The highest BCUT2D eigenvalue weighted by Gasteiger charge is 2.26. The van der Waals surface area contributed by atoms with E-state index < -0.39 is 23.8 Å². The van der Waals surface area contributed by atoms with Crippen molar-refractivity contribution >= 4 is 46.6 Å². The Balaban J connectivity index is 1.91. The summed E-state index contributed by atoms with van der Waals surface area (Å²) < 4.78 is 0. The number of benzene rings is 2. The highest BCUT2D eigenvalue weighted by atomic mass is 35.5. The standard InChI is InChI=1S/C22H26Cl2N4O3/c1-12(2)20(26-21(30)16-7-6-15(23)10-17(16)24)22(31)28-27-19(29)11-25-18-8-5-13(3)9-14(18)4/h5-10,12,20,25H,11H2,1-4H3,(H,26,30)(H,27,29)(H,28,31). The first-order chi connectivity index (χ1) is 14.6. The molecule has 0 radical (unpaired) electrons. The van der Waals surface area contributed by atoms with E-state index in [0.29, 0.717) is 5.02 Å². The zero-order valence-corrected chi connectivity index (χ0v) is 19.3. The summed E-state index contributed by atoms with van der Waals surface area (Å²) in [4.78, 5) is 37.2. The van der Waals surface area contributed by atoms with E-state index in [-0.39, 0.29) is 23.0 Å². The van der Waals surface area contributed by atoms with Crippen molar-refractivity contribution in [2.45, 2.75) is 33.7 Å². The van der Waals surface area contributed by atoms with Gasteiger partial charge in [-0.25, -0.2) is 0 Å². The van der Waals surface area contributed by atoms with Gasteiger partial charge in [-0.3, -0.25) is 25.2 Å². The number of amides is 3. The molecule has 7 nitrogen and oxygen atoms in total. The molecular weight excluding hydrogens is 439 g/mol. The molecule has 166 valence electrons. The van der Waals surface area contributed by atoms with Gasteiger partial charge in [-0.05, 0) is 49.6 Å². The third-order valence-electron chi connectivity index (χ3n) is 4.56. The molecule has 0 aromatic heterocycles. The van der Waals surface area contributed by atoms with Crippen molar-refractivity contribution in [1.82, 2.24) is 16.2 Å². The third-order valence-corrected chi connectivity index (χ3v) is 5.11. The lowest BCUT2D eigenvalue weighted by Crippen LogP contribution is -2.55. The predicted octanol–water partition coefficient (Wildman–Crippen LogP) is 3.62. The van der Waals surface area contributed by atoms with Gasteiger partial charge in [0.2, 0.25) is 0 Å². The summed E-state index contributed by atoms with van der Waals surface area (Å²) >= 11 is 11.9. The zero-order valence-electron chi connectivity index (χ0n) is 17.8. The van der Waals surface area contributed by atoms with Crippen LogP contribution in [0.2, 0.25) is 10.0 Å². The molecule has 0 aliphatic carbocycles. The Morgan fingerprint density at radius 2 is 1.68 bits per heavy atom. The summed E-state index contributed by atoms with van der Waals surface area (Å²) in [6, 6.07) is 9.43. The van der Waals surface area contributed by atoms with Crippen LogP contribution in [0.25, 0.3) is 0 Å². The number of hydrogen-bond donors (Lipinski definition) is 4. The zero-order chi connectivity index (χ0) is 23.1. The number of carbonyl (C=O) groups is 3. The first-order valence-corrected chi connectivity index (χ1v) is 10.5. The molecule has 0 saturated heterocycles. The largest absolute Gasteiger partial charge is 0.376 e. The molecule has 2 aromatic rings. The number of nitrogens with one attached hydrogen (secondary N) is 4. The van der Waals surface area contributed by atoms with Crippen molar-refractivity contribution in [3.05, 3.63) is 63.1 Å². The second kappa shape index (κ2) is 11.0. The lowest BCUT2D eigenvalue weighted by atomic mass is 10.0. The van der Waals surface area contributed by atoms with Crippen LogP contribution >= 0.6 is 23.2 Å². The van der Waals surface area contributed by atoms with Crippen LogP contribution < -0.4 is 21.5 Å². The Morgan fingerprint density at radius 1 is 0.968 bits per heavy atom. The van der Waals surface area contributed by atoms with Crippen LogP contribution in [0.5, 0.6) is 0 Å². The minimum Gasteiger partial charge on any atom is -0.376 e. The molecule has 0 fully saturated rings. The summed E-state index contributed by atoms with van der Waals surface area (Å²) in [5, 5.41) is 6.24. The molecule has 0 aliphatic rings. The van der Waals surface area contributed by atoms with Gasteiger partial charge in [-0.15, -0.1) is 0 Å². The van der Waals surface area contributed by atoms with Gasteiger partial charge in [0.05, 0.1) is 17.1 Å². The van der Waals surface area contributed by atoms with Crippen LogP contribution in [-0.2, 0) is 9.59 Å². The van der Waals surface area contributed by atoms with Gasteiger partial charge in [0.25, 0.3) is 17.7 Å².